The number of hydrogen-bond donors (Lipinski definition) is 2. The highest BCUT2D eigenvalue weighted by Crippen LogP contribution is 2.07. The van der Waals surface area contributed by atoms with Crippen LogP contribution in [0.4, 0.5) is 0 Å². The topological polar surface area (TPSA) is 84.9 Å². The predicted octanol–water partition coefficient (Wildman–Crippen LogP) is 0.671. The largest absolute Gasteiger partial charge is 0.491 e. The summed E-state index contributed by atoms with van der Waals surface area (Å²) >= 11 is 0. The van der Waals surface area contributed by atoms with E-state index in [1.807, 2.05) is 30.3 Å². The Hall–Kier alpha value is -2.08. The molecule has 0 spiro atoms. The third-order valence-corrected chi connectivity index (χ3v) is 2.22. The minimum absolute atomic E-state index is 0.185. The van der Waals surface area contributed by atoms with E-state index in [4.69, 9.17) is 14.6 Å². The van der Waals surface area contributed by atoms with E-state index in [9.17, 15) is 9.59 Å². The zero-order valence-corrected chi connectivity index (χ0v) is 10.7. The van der Waals surface area contributed by atoms with Crippen molar-refractivity contribution in [3.8, 4) is 5.75 Å². The van der Waals surface area contributed by atoms with Gasteiger partial charge in [-0.3, -0.25) is 9.59 Å². The van der Waals surface area contributed by atoms with Crippen molar-refractivity contribution in [3.63, 3.8) is 0 Å². The van der Waals surface area contributed by atoms with Gasteiger partial charge in [-0.25, -0.2) is 0 Å². The van der Waals surface area contributed by atoms with Crippen LogP contribution in [0.1, 0.15) is 6.92 Å². The second-order valence-electron chi connectivity index (χ2n) is 3.84. The Kier molecular flexibility index (Phi) is 6.38. The number of carbonyl (C=O) groups is 2. The molecule has 0 fully saturated rings. The summed E-state index contributed by atoms with van der Waals surface area (Å²) in [6, 6.07) is 8.32. The lowest BCUT2D eigenvalue weighted by atomic mass is 10.3. The van der Waals surface area contributed by atoms with Gasteiger partial charge in [0.05, 0.1) is 6.61 Å². The third-order valence-electron chi connectivity index (χ3n) is 2.22. The second-order valence-corrected chi connectivity index (χ2v) is 3.84. The van der Waals surface area contributed by atoms with E-state index in [2.05, 4.69) is 5.32 Å². The number of aliphatic carboxylic acids is 1. The van der Waals surface area contributed by atoms with Crippen LogP contribution in [0, 0.1) is 0 Å². The maximum Gasteiger partial charge on any atom is 0.325 e. The van der Waals surface area contributed by atoms with Crippen molar-refractivity contribution in [2.45, 2.75) is 13.0 Å². The number of carboxylic acids is 1. The average molecular weight is 267 g/mol. The molecular formula is C13H17NO5. The van der Waals surface area contributed by atoms with Gasteiger partial charge in [0.15, 0.2) is 0 Å². The number of para-hydroxylation sites is 1. The zero-order valence-electron chi connectivity index (χ0n) is 10.7. The standard InChI is InChI=1S/C13H17NO5/c1-10(13(16)17)14-12(15)9-18-7-8-19-11-5-3-2-4-6-11/h2-6,10H,7-9H2,1H3,(H,14,15)(H,16,17). The van der Waals surface area contributed by atoms with Gasteiger partial charge in [-0.15, -0.1) is 0 Å². The fourth-order valence-corrected chi connectivity index (χ4v) is 1.24. The Bertz CT molecular complexity index is 407. The molecule has 1 aromatic carbocycles. The zero-order chi connectivity index (χ0) is 14.1. The molecule has 0 aliphatic heterocycles. The van der Waals surface area contributed by atoms with Gasteiger partial charge in [-0.1, -0.05) is 18.2 Å². The Morgan fingerprint density at radius 3 is 2.58 bits per heavy atom. The molecule has 0 saturated heterocycles. The molecule has 0 radical (unpaired) electrons. The molecule has 0 heterocycles. The molecule has 19 heavy (non-hydrogen) atoms. The SMILES string of the molecule is CC(NC(=O)COCCOc1ccccc1)C(=O)O. The van der Waals surface area contributed by atoms with E-state index < -0.39 is 17.9 Å². The molecule has 1 rings (SSSR count). The van der Waals surface area contributed by atoms with E-state index in [0.717, 1.165) is 5.75 Å². The van der Waals surface area contributed by atoms with E-state index >= 15 is 0 Å². The summed E-state index contributed by atoms with van der Waals surface area (Å²) in [4.78, 5) is 21.7. The summed E-state index contributed by atoms with van der Waals surface area (Å²) in [5.74, 6) is -0.814. The first-order valence-electron chi connectivity index (χ1n) is 5.87. The number of nitrogens with one attached hydrogen (secondary N) is 1. The predicted molar refractivity (Wildman–Crippen MR) is 68.0 cm³/mol. The van der Waals surface area contributed by atoms with Gasteiger partial charge in [0.2, 0.25) is 5.91 Å². The van der Waals surface area contributed by atoms with Crippen LogP contribution in [-0.4, -0.2) is 42.8 Å². The minimum atomic E-state index is -1.08. The number of rotatable bonds is 8. The van der Waals surface area contributed by atoms with Gasteiger partial charge >= 0.3 is 5.97 Å². The molecule has 1 atom stereocenters. The first kappa shape index (κ1) is 15.0. The molecule has 0 aliphatic carbocycles. The molecule has 1 unspecified atom stereocenters. The fraction of sp³-hybridized carbons (Fsp3) is 0.385. The molecule has 1 aromatic rings. The molecule has 104 valence electrons. The first-order valence-corrected chi connectivity index (χ1v) is 5.87. The van der Waals surface area contributed by atoms with Crippen molar-refractivity contribution >= 4 is 11.9 Å². The lowest BCUT2D eigenvalue weighted by Gasteiger charge is -2.10. The highest BCUT2D eigenvalue weighted by molar-refractivity contribution is 5.83. The molecular weight excluding hydrogens is 250 g/mol. The summed E-state index contributed by atoms with van der Waals surface area (Å²) in [6.07, 6.45) is 0. The summed E-state index contributed by atoms with van der Waals surface area (Å²) in [7, 11) is 0. The number of carbonyl (C=O) groups excluding carboxylic acids is 1. The van der Waals surface area contributed by atoms with E-state index in [1.54, 1.807) is 0 Å². The van der Waals surface area contributed by atoms with Gasteiger partial charge in [0.25, 0.3) is 0 Å². The summed E-state index contributed by atoms with van der Waals surface area (Å²) < 4.78 is 10.4. The lowest BCUT2D eigenvalue weighted by molar-refractivity contribution is -0.142. The van der Waals surface area contributed by atoms with Crippen molar-refractivity contribution < 1.29 is 24.2 Å². The quantitative estimate of drug-likeness (QED) is 0.676. The van der Waals surface area contributed by atoms with Crippen LogP contribution in [0.5, 0.6) is 5.75 Å². The Labute approximate surface area is 111 Å². The summed E-state index contributed by atoms with van der Waals surface area (Å²) in [6.45, 7) is 1.78. The van der Waals surface area contributed by atoms with Crippen LogP contribution in [0.15, 0.2) is 30.3 Å². The van der Waals surface area contributed by atoms with Crippen LogP contribution in [0.3, 0.4) is 0 Å². The molecule has 1 amide bonds. The smallest absolute Gasteiger partial charge is 0.325 e. The molecule has 0 saturated carbocycles. The monoisotopic (exact) mass is 267 g/mol. The van der Waals surface area contributed by atoms with Crippen LogP contribution in [0.25, 0.3) is 0 Å². The maximum atomic E-state index is 11.3. The molecule has 0 bridgehead atoms. The van der Waals surface area contributed by atoms with Crippen LogP contribution < -0.4 is 10.1 Å². The number of ether oxygens (including phenoxy) is 2. The van der Waals surface area contributed by atoms with Crippen LogP contribution in [-0.2, 0) is 14.3 Å². The third kappa shape index (κ3) is 6.42. The van der Waals surface area contributed by atoms with Gasteiger partial charge in [0.1, 0.15) is 25.0 Å². The number of carboxylic acid groups (broad SMARTS) is 1. The summed E-state index contributed by atoms with van der Waals surface area (Å²) in [5, 5.41) is 10.9. The van der Waals surface area contributed by atoms with Gasteiger partial charge < -0.3 is 19.9 Å². The summed E-state index contributed by atoms with van der Waals surface area (Å²) in [5.41, 5.74) is 0. The van der Waals surface area contributed by atoms with Crippen molar-refractivity contribution in [2.24, 2.45) is 0 Å². The molecule has 6 heteroatoms. The molecule has 0 aliphatic rings. The first-order chi connectivity index (χ1) is 9.09. The van der Waals surface area contributed by atoms with Gasteiger partial charge in [-0.2, -0.15) is 0 Å². The number of benzene rings is 1. The van der Waals surface area contributed by atoms with Crippen molar-refractivity contribution in [1.82, 2.24) is 5.32 Å². The highest BCUT2D eigenvalue weighted by Gasteiger charge is 2.13. The Morgan fingerprint density at radius 1 is 1.26 bits per heavy atom. The Balaban J connectivity index is 2.08. The van der Waals surface area contributed by atoms with Crippen LogP contribution >= 0.6 is 0 Å². The van der Waals surface area contributed by atoms with E-state index in [0.29, 0.717) is 6.61 Å². The minimum Gasteiger partial charge on any atom is -0.491 e. The second kappa shape index (κ2) is 8.10. The fourth-order valence-electron chi connectivity index (χ4n) is 1.24. The number of hydrogen-bond acceptors (Lipinski definition) is 4. The van der Waals surface area contributed by atoms with E-state index in [1.165, 1.54) is 6.92 Å². The number of amides is 1. The lowest BCUT2D eigenvalue weighted by Crippen LogP contribution is -2.40. The molecule has 6 nitrogen and oxygen atoms in total. The van der Waals surface area contributed by atoms with Crippen molar-refractivity contribution in [1.29, 1.82) is 0 Å². The van der Waals surface area contributed by atoms with Crippen molar-refractivity contribution in [3.05, 3.63) is 30.3 Å². The molecule has 2 N–H and O–H groups in total. The van der Waals surface area contributed by atoms with E-state index in [-0.39, 0.29) is 13.2 Å². The Morgan fingerprint density at radius 2 is 1.95 bits per heavy atom. The van der Waals surface area contributed by atoms with Crippen LogP contribution in [0.2, 0.25) is 0 Å². The molecule has 0 aromatic heterocycles. The van der Waals surface area contributed by atoms with Gasteiger partial charge in [-0.05, 0) is 19.1 Å². The highest BCUT2D eigenvalue weighted by atomic mass is 16.5. The normalized spacial score (nSPS) is 11.6. The van der Waals surface area contributed by atoms with Gasteiger partial charge in [0, 0.05) is 0 Å². The van der Waals surface area contributed by atoms with Crippen molar-refractivity contribution in [2.75, 3.05) is 19.8 Å². The average Bonchev–Trinajstić information content (AvgIpc) is 2.39. The maximum absolute atomic E-state index is 11.3.